The number of hydrogen-bond acceptors (Lipinski definition) is 3. The van der Waals surface area contributed by atoms with E-state index in [4.69, 9.17) is 13.8 Å². The molecule has 0 saturated heterocycles. The summed E-state index contributed by atoms with van der Waals surface area (Å²) < 4.78 is 32.7. The van der Waals surface area contributed by atoms with Gasteiger partial charge in [0.25, 0.3) is 0 Å². The van der Waals surface area contributed by atoms with Crippen LogP contribution in [0.3, 0.4) is 0 Å². The molecule has 1 aliphatic rings. The van der Waals surface area contributed by atoms with Gasteiger partial charge in [-0.05, 0) is 87.4 Å². The van der Waals surface area contributed by atoms with Crippen molar-refractivity contribution in [3.8, 4) is 56.3 Å². The van der Waals surface area contributed by atoms with Gasteiger partial charge >= 0.3 is 21.1 Å². The van der Waals surface area contributed by atoms with Crippen molar-refractivity contribution in [2.75, 3.05) is 0 Å². The summed E-state index contributed by atoms with van der Waals surface area (Å²) in [6.45, 7) is 15.5. The van der Waals surface area contributed by atoms with Crippen LogP contribution >= 0.6 is 0 Å². The molecule has 0 bridgehead atoms. The van der Waals surface area contributed by atoms with Crippen LogP contribution in [0.2, 0.25) is 0 Å². The third-order valence-corrected chi connectivity index (χ3v) is 14.0. The fourth-order valence-corrected chi connectivity index (χ4v) is 10.8. The Morgan fingerprint density at radius 2 is 0.958 bits per heavy atom. The summed E-state index contributed by atoms with van der Waals surface area (Å²) in [5, 5.41) is 0. The summed E-state index contributed by atoms with van der Waals surface area (Å²) in [6, 6.07) is 66.8. The second kappa shape index (κ2) is 21.0. The Morgan fingerprint density at radius 1 is 0.451 bits per heavy atom. The van der Waals surface area contributed by atoms with Gasteiger partial charge < -0.3 is 14.7 Å². The zero-order valence-corrected chi connectivity index (χ0v) is 44.1. The molecule has 352 valence electrons. The second-order valence-corrected chi connectivity index (χ2v) is 20.0. The summed E-state index contributed by atoms with van der Waals surface area (Å²) in [5.41, 5.74) is 19.7. The number of rotatable bonds is 12. The van der Waals surface area contributed by atoms with E-state index in [1.807, 2.05) is 42.5 Å². The largest absolute Gasteiger partial charge is 2.00 e. The predicted molar refractivity (Wildman–Crippen MR) is 298 cm³/mol. The van der Waals surface area contributed by atoms with Crippen molar-refractivity contribution >= 4 is 46.2 Å². The van der Waals surface area contributed by atoms with Crippen LogP contribution in [0.1, 0.15) is 111 Å². The number of aryl methyl sites for hydroxylation is 1. The van der Waals surface area contributed by atoms with E-state index in [2.05, 4.69) is 188 Å². The van der Waals surface area contributed by atoms with Crippen LogP contribution in [-0.4, -0.2) is 23.4 Å². The van der Waals surface area contributed by atoms with Gasteiger partial charge in [0, 0.05) is 27.5 Å². The van der Waals surface area contributed by atoms with Gasteiger partial charge in [-0.2, -0.15) is 5.46 Å². The van der Waals surface area contributed by atoms with E-state index < -0.39 is 6.85 Å². The third kappa shape index (κ3) is 9.79. The first-order valence-corrected chi connectivity index (χ1v) is 24.9. The van der Waals surface area contributed by atoms with Gasteiger partial charge in [0.05, 0.1) is 0 Å². The first-order valence-electron chi connectivity index (χ1n) is 26.4. The Hall–Kier alpha value is -6.54. The van der Waals surface area contributed by atoms with Crippen molar-refractivity contribution < 1.29 is 29.9 Å². The minimum Gasteiger partial charge on any atom is -0.497 e. The van der Waals surface area contributed by atoms with Gasteiger partial charge in [-0.25, -0.2) is 0 Å². The summed E-state index contributed by atoms with van der Waals surface area (Å²) in [6.07, 6.45) is 1.79. The van der Waals surface area contributed by atoms with Gasteiger partial charge in [-0.15, -0.1) is 40.9 Å². The molecule has 6 heteroatoms. The van der Waals surface area contributed by atoms with Gasteiger partial charge in [0.2, 0.25) is 6.71 Å². The number of pyridine rings is 2. The van der Waals surface area contributed by atoms with Crippen molar-refractivity contribution in [2.24, 2.45) is 0 Å². The third-order valence-electron chi connectivity index (χ3n) is 14.0. The molecule has 0 unspecified atom stereocenters. The molecule has 0 amide bonds. The molecule has 0 spiro atoms. The maximum atomic E-state index is 8.43. The van der Waals surface area contributed by atoms with Gasteiger partial charge in [0.1, 0.15) is 0 Å². The molecule has 3 heterocycles. The number of hydrogen-bond donors (Lipinski definition) is 0. The quantitative estimate of drug-likeness (QED) is 0.0903. The molecule has 0 atom stereocenters. The zero-order valence-electron chi connectivity index (χ0n) is 44.8. The van der Waals surface area contributed by atoms with E-state index in [9.17, 15) is 0 Å². The minimum atomic E-state index is -2.41. The van der Waals surface area contributed by atoms with E-state index in [0.717, 1.165) is 22.2 Å². The summed E-state index contributed by atoms with van der Waals surface area (Å²) in [5.74, 6) is 1.73. The summed E-state index contributed by atoms with van der Waals surface area (Å²) >= 11 is 0. The van der Waals surface area contributed by atoms with E-state index in [0.29, 0.717) is 22.8 Å². The maximum Gasteiger partial charge on any atom is 2.00 e. The summed E-state index contributed by atoms with van der Waals surface area (Å²) in [4.78, 5) is 9.54. The zero-order chi connectivity index (χ0) is 51.1. The molecule has 0 saturated carbocycles. The van der Waals surface area contributed by atoms with Crippen LogP contribution in [0.4, 0.5) is 0 Å². The van der Waals surface area contributed by atoms with Gasteiger partial charge in [-0.3, -0.25) is 0 Å². The molecule has 0 fully saturated rings. The van der Waals surface area contributed by atoms with E-state index in [-0.39, 0.29) is 63.9 Å². The predicted octanol–water partition coefficient (Wildman–Crippen LogP) is 12.7. The normalized spacial score (nSPS) is 12.9. The SMILES string of the molecule is [2H]C([2H])([2H])c1cccc(-c2[c-]c(Oc3[c-]c(-c4ccccn4)ccc3)c3c(c2)B(c2c(C(C)C)cc(-c4ccccc4)cc2C(C)C)c2ccccc2B3c2c(C(C)C)cc(-c3ccccc3)cc2C(C)C)n1.[Pt+2]. The van der Waals surface area contributed by atoms with Crippen LogP contribution < -0.4 is 37.5 Å². The smallest absolute Gasteiger partial charge is 0.497 e. The number of ether oxygens (including phenoxy) is 1. The van der Waals surface area contributed by atoms with Crippen LogP contribution in [-0.2, 0) is 21.1 Å². The first-order chi connectivity index (χ1) is 35.2. The monoisotopic (exact) mass is 1100 g/mol. The number of nitrogens with zero attached hydrogens (tertiary/aromatic N) is 2. The van der Waals surface area contributed by atoms with Crippen LogP contribution in [0.5, 0.6) is 11.5 Å². The number of aromatic nitrogens is 2. The Labute approximate surface area is 441 Å². The van der Waals surface area contributed by atoms with Crippen LogP contribution in [0, 0.1) is 19.0 Å². The minimum absolute atomic E-state index is 0. The average molecular weight is 1100 g/mol. The Morgan fingerprint density at radius 3 is 1.49 bits per heavy atom. The molecule has 7 aromatic carbocycles. The molecule has 0 radical (unpaired) electrons. The van der Waals surface area contributed by atoms with E-state index in [1.54, 1.807) is 18.3 Å². The molecule has 2 aromatic heterocycles. The molecular weight excluding hydrogens is 1040 g/mol. The maximum absolute atomic E-state index is 8.43. The Kier molecular flexibility index (Phi) is 13.5. The Bertz CT molecular complexity index is 3390. The molecule has 0 N–H and O–H groups in total. The van der Waals surface area contributed by atoms with Gasteiger partial charge in [0.15, 0.2) is 6.71 Å². The van der Waals surface area contributed by atoms with E-state index >= 15 is 0 Å². The molecule has 1 aliphatic heterocycles. The standard InChI is InChI=1S/C65H60B2N2O.Pt/c1-41(2)53-35-49(46-23-12-10-13-24-46)36-54(42(3)4)63(53)66-57-29-16-17-30-58(57)67(64-55(43(5)6)37-50(38-56(64)44(7)8)47-25-14-11-15-26-47)65-59(66)39-51(61-32-20-22-45(9)69-61)40-62(65)70-52-28-21-27-48(34-52)60-31-18-19-33-68-60;/h10-33,35-39,41-44H,1-9H3;/q-2;+2/i9D3;. The van der Waals surface area contributed by atoms with Gasteiger partial charge in [-0.1, -0.05) is 234 Å². The number of fused-ring (bicyclic) bond motifs is 2. The molecule has 9 aromatic rings. The topological polar surface area (TPSA) is 35.0 Å². The first kappa shape index (κ1) is 45.6. The van der Waals surface area contributed by atoms with Crippen molar-refractivity contribution in [1.29, 1.82) is 0 Å². The second-order valence-electron chi connectivity index (χ2n) is 20.0. The average Bonchev–Trinajstić information content (AvgIpc) is 3.40. The van der Waals surface area contributed by atoms with Crippen molar-refractivity contribution in [3.63, 3.8) is 0 Å². The summed E-state index contributed by atoms with van der Waals surface area (Å²) in [7, 11) is 0. The molecule has 10 rings (SSSR count). The van der Waals surface area contributed by atoms with Crippen LogP contribution in [0.15, 0.2) is 176 Å². The van der Waals surface area contributed by atoms with Crippen LogP contribution in [0.25, 0.3) is 44.8 Å². The van der Waals surface area contributed by atoms with Crippen molar-refractivity contribution in [3.05, 3.63) is 216 Å². The Balaban J connectivity index is 0.00000672. The molecule has 71 heavy (non-hydrogen) atoms. The molecular formula is C65H60B2N2OPt. The molecule has 3 nitrogen and oxygen atoms in total. The van der Waals surface area contributed by atoms with Crippen molar-refractivity contribution in [2.45, 2.75) is 85.9 Å². The van der Waals surface area contributed by atoms with Crippen molar-refractivity contribution in [1.82, 2.24) is 9.97 Å². The van der Waals surface area contributed by atoms with E-state index in [1.165, 1.54) is 66.4 Å². The molecule has 0 aliphatic carbocycles. The number of benzene rings is 7. The fraction of sp³-hybridized carbons (Fsp3) is 0.200. The fourth-order valence-electron chi connectivity index (χ4n) is 10.8.